The lowest BCUT2D eigenvalue weighted by Crippen LogP contribution is -2.05. The average molecular weight is 276 g/mol. The number of methoxy groups -OCH3 is 1. The highest BCUT2D eigenvalue weighted by Crippen LogP contribution is 2.29. The summed E-state index contributed by atoms with van der Waals surface area (Å²) >= 11 is 0. The molecule has 20 heavy (non-hydrogen) atoms. The van der Waals surface area contributed by atoms with E-state index in [1.54, 1.807) is 32.6 Å². The Morgan fingerprint density at radius 1 is 1.40 bits per heavy atom. The number of imidazole rings is 1. The predicted molar refractivity (Wildman–Crippen MR) is 76.0 cm³/mol. The van der Waals surface area contributed by atoms with Gasteiger partial charge in [0, 0.05) is 30.6 Å². The number of hydrogen-bond acceptors (Lipinski definition) is 4. The first-order valence-corrected chi connectivity index (χ1v) is 6.65. The van der Waals surface area contributed by atoms with Gasteiger partial charge in [0.1, 0.15) is 11.5 Å². The first kappa shape index (κ1) is 14.4. The van der Waals surface area contributed by atoms with Crippen LogP contribution in [0, 0.1) is 0 Å². The van der Waals surface area contributed by atoms with Crippen molar-refractivity contribution in [3.63, 3.8) is 0 Å². The first-order valence-electron chi connectivity index (χ1n) is 6.65. The van der Waals surface area contributed by atoms with E-state index in [2.05, 4.69) is 4.98 Å². The van der Waals surface area contributed by atoms with Crippen molar-refractivity contribution >= 4 is 0 Å². The van der Waals surface area contributed by atoms with Crippen LogP contribution in [0.3, 0.4) is 0 Å². The zero-order chi connectivity index (χ0) is 14.4. The third kappa shape index (κ3) is 3.74. The van der Waals surface area contributed by atoms with Crippen LogP contribution in [0.1, 0.15) is 25.0 Å². The topological polar surface area (TPSA) is 56.5 Å². The van der Waals surface area contributed by atoms with Gasteiger partial charge in [-0.15, -0.1) is 0 Å². The highest BCUT2D eigenvalue weighted by molar-refractivity contribution is 5.41. The van der Waals surface area contributed by atoms with Crippen molar-refractivity contribution in [3.05, 3.63) is 42.5 Å². The molecule has 1 atom stereocenters. The standard InChI is InChI=1S/C15H20N2O3/c1-12(18)14-5-4-13(19-2)10-15(14)20-9-3-7-17-8-6-16-11-17/h4-6,8,10-12,18H,3,7,9H2,1-2H3/t12-/m1/s1. The molecule has 5 heteroatoms. The van der Waals surface area contributed by atoms with E-state index in [1.165, 1.54) is 0 Å². The lowest BCUT2D eigenvalue weighted by molar-refractivity contribution is 0.190. The largest absolute Gasteiger partial charge is 0.497 e. The normalized spacial score (nSPS) is 12.2. The molecular formula is C15H20N2O3. The number of benzene rings is 1. The van der Waals surface area contributed by atoms with Gasteiger partial charge < -0.3 is 19.1 Å². The molecule has 108 valence electrons. The molecule has 1 N–H and O–H groups in total. The van der Waals surface area contributed by atoms with Crippen molar-refractivity contribution in [1.29, 1.82) is 0 Å². The number of aliphatic hydroxyl groups is 1. The van der Waals surface area contributed by atoms with E-state index in [4.69, 9.17) is 9.47 Å². The molecular weight excluding hydrogens is 256 g/mol. The molecule has 0 amide bonds. The van der Waals surface area contributed by atoms with Crippen LogP contribution in [-0.4, -0.2) is 28.4 Å². The number of aromatic nitrogens is 2. The Morgan fingerprint density at radius 2 is 2.25 bits per heavy atom. The molecule has 0 radical (unpaired) electrons. The fourth-order valence-corrected chi connectivity index (χ4v) is 1.96. The van der Waals surface area contributed by atoms with Gasteiger partial charge in [-0.1, -0.05) is 0 Å². The Kier molecular flexibility index (Phi) is 5.01. The van der Waals surface area contributed by atoms with Crippen molar-refractivity contribution < 1.29 is 14.6 Å². The lowest BCUT2D eigenvalue weighted by Gasteiger charge is -2.14. The van der Waals surface area contributed by atoms with Gasteiger partial charge in [-0.25, -0.2) is 4.98 Å². The average Bonchev–Trinajstić information content (AvgIpc) is 2.96. The summed E-state index contributed by atoms with van der Waals surface area (Å²) in [7, 11) is 1.61. The maximum atomic E-state index is 9.74. The van der Waals surface area contributed by atoms with Crippen LogP contribution in [0.25, 0.3) is 0 Å². The Balaban J connectivity index is 1.93. The van der Waals surface area contributed by atoms with E-state index in [0.717, 1.165) is 24.3 Å². The van der Waals surface area contributed by atoms with Crippen molar-refractivity contribution in [1.82, 2.24) is 9.55 Å². The van der Waals surface area contributed by atoms with Gasteiger partial charge in [-0.05, 0) is 25.5 Å². The van der Waals surface area contributed by atoms with Crippen LogP contribution in [-0.2, 0) is 6.54 Å². The molecule has 0 aliphatic heterocycles. The predicted octanol–water partition coefficient (Wildman–Crippen LogP) is 2.41. The molecule has 0 aliphatic rings. The minimum absolute atomic E-state index is 0.565. The molecule has 0 unspecified atom stereocenters. The third-order valence-corrected chi connectivity index (χ3v) is 3.05. The number of hydrogen-bond donors (Lipinski definition) is 1. The molecule has 1 aromatic heterocycles. The molecule has 1 aromatic carbocycles. The highest BCUT2D eigenvalue weighted by Gasteiger charge is 2.10. The number of aliphatic hydroxyl groups excluding tert-OH is 1. The van der Waals surface area contributed by atoms with E-state index in [9.17, 15) is 5.11 Å². The Labute approximate surface area is 118 Å². The summed E-state index contributed by atoms with van der Waals surface area (Å²) in [6.07, 6.45) is 5.77. The Morgan fingerprint density at radius 3 is 2.90 bits per heavy atom. The number of nitrogens with zero attached hydrogens (tertiary/aromatic N) is 2. The van der Waals surface area contributed by atoms with Crippen LogP contribution >= 0.6 is 0 Å². The fourth-order valence-electron chi connectivity index (χ4n) is 1.96. The molecule has 1 heterocycles. The van der Waals surface area contributed by atoms with Gasteiger partial charge in [-0.2, -0.15) is 0 Å². The zero-order valence-electron chi connectivity index (χ0n) is 11.8. The molecule has 0 aliphatic carbocycles. The number of aryl methyl sites for hydroxylation is 1. The Hall–Kier alpha value is -2.01. The quantitative estimate of drug-likeness (QED) is 0.789. The van der Waals surface area contributed by atoms with Crippen molar-refractivity contribution in [2.75, 3.05) is 13.7 Å². The highest BCUT2D eigenvalue weighted by atomic mass is 16.5. The third-order valence-electron chi connectivity index (χ3n) is 3.05. The smallest absolute Gasteiger partial charge is 0.128 e. The lowest BCUT2D eigenvalue weighted by atomic mass is 10.1. The molecule has 5 nitrogen and oxygen atoms in total. The molecule has 0 fully saturated rings. The molecule has 0 saturated heterocycles. The van der Waals surface area contributed by atoms with E-state index >= 15 is 0 Å². The van der Waals surface area contributed by atoms with Gasteiger partial charge in [0.2, 0.25) is 0 Å². The summed E-state index contributed by atoms with van der Waals surface area (Å²) in [5.74, 6) is 1.39. The van der Waals surface area contributed by atoms with Crippen molar-refractivity contribution in [2.45, 2.75) is 26.0 Å². The van der Waals surface area contributed by atoms with Gasteiger partial charge in [0.15, 0.2) is 0 Å². The number of ether oxygens (including phenoxy) is 2. The monoisotopic (exact) mass is 276 g/mol. The van der Waals surface area contributed by atoms with E-state index in [0.29, 0.717) is 12.4 Å². The molecule has 2 aromatic rings. The molecule has 2 rings (SSSR count). The van der Waals surface area contributed by atoms with E-state index in [1.807, 2.05) is 22.9 Å². The van der Waals surface area contributed by atoms with Gasteiger partial charge in [-0.3, -0.25) is 0 Å². The summed E-state index contributed by atoms with van der Waals surface area (Å²) in [5.41, 5.74) is 0.772. The number of rotatable bonds is 7. The maximum absolute atomic E-state index is 9.74. The van der Waals surface area contributed by atoms with Crippen LogP contribution in [0.5, 0.6) is 11.5 Å². The zero-order valence-corrected chi connectivity index (χ0v) is 11.8. The molecule has 0 spiro atoms. The summed E-state index contributed by atoms with van der Waals surface area (Å²) in [6, 6.07) is 5.45. The van der Waals surface area contributed by atoms with Crippen LogP contribution in [0.4, 0.5) is 0 Å². The van der Waals surface area contributed by atoms with Crippen LogP contribution < -0.4 is 9.47 Å². The second-order valence-corrected chi connectivity index (χ2v) is 4.58. The second-order valence-electron chi connectivity index (χ2n) is 4.58. The minimum atomic E-state index is -0.565. The fraction of sp³-hybridized carbons (Fsp3) is 0.400. The van der Waals surface area contributed by atoms with Gasteiger partial charge >= 0.3 is 0 Å². The van der Waals surface area contributed by atoms with Gasteiger partial charge in [0.05, 0.1) is 26.1 Å². The van der Waals surface area contributed by atoms with Crippen molar-refractivity contribution in [3.8, 4) is 11.5 Å². The van der Waals surface area contributed by atoms with Crippen LogP contribution in [0.2, 0.25) is 0 Å². The second kappa shape index (κ2) is 6.96. The van der Waals surface area contributed by atoms with Crippen LogP contribution in [0.15, 0.2) is 36.9 Å². The first-order chi connectivity index (χ1) is 9.70. The van der Waals surface area contributed by atoms with E-state index < -0.39 is 6.10 Å². The van der Waals surface area contributed by atoms with Gasteiger partial charge in [0.25, 0.3) is 0 Å². The Bertz CT molecular complexity index is 524. The van der Waals surface area contributed by atoms with E-state index in [-0.39, 0.29) is 0 Å². The summed E-state index contributed by atoms with van der Waals surface area (Å²) in [4.78, 5) is 3.99. The summed E-state index contributed by atoms with van der Waals surface area (Å²) in [5, 5.41) is 9.74. The van der Waals surface area contributed by atoms with Crippen molar-refractivity contribution in [2.24, 2.45) is 0 Å². The summed E-state index contributed by atoms with van der Waals surface area (Å²) in [6.45, 7) is 3.15. The molecule has 0 bridgehead atoms. The SMILES string of the molecule is COc1ccc([C@@H](C)O)c(OCCCn2ccnc2)c1. The maximum Gasteiger partial charge on any atom is 0.128 e. The minimum Gasteiger partial charge on any atom is -0.497 e. The summed E-state index contributed by atoms with van der Waals surface area (Å²) < 4.78 is 13.0. The molecule has 0 saturated carbocycles.